The summed E-state index contributed by atoms with van der Waals surface area (Å²) in [5, 5.41) is 17.9. The van der Waals surface area contributed by atoms with Crippen molar-refractivity contribution in [2.45, 2.75) is 18.9 Å². The second-order valence-corrected chi connectivity index (χ2v) is 5.95. The SMILES string of the molecule is OC1CCN(c2cc(-c3cccc(Br)c3)cnn2)CC1. The standard InChI is InChI=1S/C15H16BrN3O/c16-13-3-1-2-11(8-13)12-9-15(18-17-10-12)19-6-4-14(20)5-7-19/h1-3,8-10,14,20H,4-7H2. The summed E-state index contributed by atoms with van der Waals surface area (Å²) in [6.07, 6.45) is 3.20. The van der Waals surface area contributed by atoms with Gasteiger partial charge in [-0.2, -0.15) is 5.10 Å². The highest BCUT2D eigenvalue weighted by atomic mass is 79.9. The third kappa shape index (κ3) is 2.99. The maximum Gasteiger partial charge on any atom is 0.151 e. The van der Waals surface area contributed by atoms with Crippen molar-refractivity contribution in [1.29, 1.82) is 0 Å². The van der Waals surface area contributed by atoms with Crippen molar-refractivity contribution in [1.82, 2.24) is 10.2 Å². The maximum atomic E-state index is 9.57. The van der Waals surface area contributed by atoms with E-state index in [1.165, 1.54) is 0 Å². The lowest BCUT2D eigenvalue weighted by Gasteiger charge is -2.30. The molecule has 2 aromatic rings. The Morgan fingerprint density at radius 1 is 1.15 bits per heavy atom. The lowest BCUT2D eigenvalue weighted by Crippen LogP contribution is -2.36. The zero-order chi connectivity index (χ0) is 13.9. The molecule has 0 bridgehead atoms. The molecule has 0 spiro atoms. The first-order valence-electron chi connectivity index (χ1n) is 6.74. The summed E-state index contributed by atoms with van der Waals surface area (Å²) in [4.78, 5) is 2.18. The molecule has 3 rings (SSSR count). The smallest absolute Gasteiger partial charge is 0.151 e. The van der Waals surface area contributed by atoms with Crippen LogP contribution in [0.3, 0.4) is 0 Å². The molecule has 0 saturated carbocycles. The van der Waals surface area contributed by atoms with Crippen LogP contribution in [0.4, 0.5) is 5.82 Å². The average molecular weight is 334 g/mol. The van der Waals surface area contributed by atoms with E-state index in [1.54, 1.807) is 6.20 Å². The van der Waals surface area contributed by atoms with Crippen LogP contribution in [-0.4, -0.2) is 34.5 Å². The van der Waals surface area contributed by atoms with Crippen molar-refractivity contribution in [3.05, 3.63) is 41.0 Å². The van der Waals surface area contributed by atoms with Gasteiger partial charge in [-0.05, 0) is 36.6 Å². The largest absolute Gasteiger partial charge is 0.393 e. The van der Waals surface area contributed by atoms with Gasteiger partial charge in [0.2, 0.25) is 0 Å². The zero-order valence-electron chi connectivity index (χ0n) is 11.0. The number of aliphatic hydroxyl groups excluding tert-OH is 1. The van der Waals surface area contributed by atoms with Crippen molar-refractivity contribution in [2.24, 2.45) is 0 Å². The highest BCUT2D eigenvalue weighted by molar-refractivity contribution is 9.10. The number of halogens is 1. The number of nitrogens with zero attached hydrogens (tertiary/aromatic N) is 3. The molecule has 104 valence electrons. The van der Waals surface area contributed by atoms with E-state index in [1.807, 2.05) is 12.1 Å². The Bertz CT molecular complexity index is 597. The molecule has 0 aliphatic carbocycles. The zero-order valence-corrected chi connectivity index (χ0v) is 12.6. The molecule has 1 aromatic heterocycles. The molecule has 1 saturated heterocycles. The van der Waals surface area contributed by atoms with E-state index in [9.17, 15) is 5.11 Å². The number of hydrogen-bond donors (Lipinski definition) is 1. The van der Waals surface area contributed by atoms with Gasteiger partial charge in [-0.15, -0.1) is 5.10 Å². The fourth-order valence-electron chi connectivity index (χ4n) is 2.43. The van der Waals surface area contributed by atoms with Gasteiger partial charge in [0, 0.05) is 23.1 Å². The lowest BCUT2D eigenvalue weighted by atomic mass is 10.1. The summed E-state index contributed by atoms with van der Waals surface area (Å²) >= 11 is 3.49. The van der Waals surface area contributed by atoms with Gasteiger partial charge in [0.25, 0.3) is 0 Å². The van der Waals surface area contributed by atoms with Gasteiger partial charge in [0.05, 0.1) is 12.3 Å². The molecule has 0 amide bonds. The number of aromatic nitrogens is 2. The first-order valence-corrected chi connectivity index (χ1v) is 7.53. The van der Waals surface area contributed by atoms with Gasteiger partial charge < -0.3 is 10.0 Å². The lowest BCUT2D eigenvalue weighted by molar-refractivity contribution is 0.145. The third-order valence-corrected chi connectivity index (χ3v) is 4.08. The fraction of sp³-hybridized carbons (Fsp3) is 0.333. The molecule has 1 aromatic carbocycles. The van der Waals surface area contributed by atoms with Crippen LogP contribution in [0.25, 0.3) is 11.1 Å². The number of rotatable bonds is 2. The van der Waals surface area contributed by atoms with Gasteiger partial charge in [-0.1, -0.05) is 28.1 Å². The Kier molecular flexibility index (Phi) is 3.98. The molecule has 0 radical (unpaired) electrons. The highest BCUT2D eigenvalue weighted by Gasteiger charge is 2.18. The van der Waals surface area contributed by atoms with Crippen LogP contribution < -0.4 is 4.90 Å². The topological polar surface area (TPSA) is 49.2 Å². The average Bonchev–Trinajstić information content (AvgIpc) is 2.48. The molecule has 0 atom stereocenters. The number of aliphatic hydroxyl groups is 1. The van der Waals surface area contributed by atoms with Crippen molar-refractivity contribution in [3.8, 4) is 11.1 Å². The maximum absolute atomic E-state index is 9.57. The van der Waals surface area contributed by atoms with E-state index < -0.39 is 0 Å². The number of hydrogen-bond acceptors (Lipinski definition) is 4. The van der Waals surface area contributed by atoms with Crippen LogP contribution in [-0.2, 0) is 0 Å². The molecular formula is C15H16BrN3O. The summed E-state index contributed by atoms with van der Waals surface area (Å²) in [5.41, 5.74) is 2.18. The minimum atomic E-state index is -0.174. The molecule has 4 nitrogen and oxygen atoms in total. The van der Waals surface area contributed by atoms with E-state index in [-0.39, 0.29) is 6.10 Å². The van der Waals surface area contributed by atoms with Gasteiger partial charge in [0.15, 0.2) is 5.82 Å². The van der Waals surface area contributed by atoms with E-state index in [0.29, 0.717) is 0 Å². The first-order chi connectivity index (χ1) is 9.72. The minimum absolute atomic E-state index is 0.174. The van der Waals surface area contributed by atoms with Crippen LogP contribution in [0.2, 0.25) is 0 Å². The van der Waals surface area contributed by atoms with Gasteiger partial charge >= 0.3 is 0 Å². The van der Waals surface area contributed by atoms with E-state index >= 15 is 0 Å². The highest BCUT2D eigenvalue weighted by Crippen LogP contribution is 2.25. The molecule has 20 heavy (non-hydrogen) atoms. The fourth-order valence-corrected chi connectivity index (χ4v) is 2.83. The Morgan fingerprint density at radius 2 is 1.95 bits per heavy atom. The second kappa shape index (κ2) is 5.89. The predicted molar refractivity (Wildman–Crippen MR) is 82.6 cm³/mol. The van der Waals surface area contributed by atoms with Crippen LogP contribution in [0.1, 0.15) is 12.8 Å². The Morgan fingerprint density at radius 3 is 2.70 bits per heavy atom. The first kappa shape index (κ1) is 13.5. The monoisotopic (exact) mass is 333 g/mol. The van der Waals surface area contributed by atoms with E-state index in [0.717, 1.165) is 47.3 Å². The normalized spacial score (nSPS) is 16.4. The van der Waals surface area contributed by atoms with Gasteiger partial charge in [0.1, 0.15) is 0 Å². The molecule has 1 N–H and O–H groups in total. The summed E-state index contributed by atoms with van der Waals surface area (Å²) in [6.45, 7) is 1.66. The van der Waals surface area contributed by atoms with Gasteiger partial charge in [-0.3, -0.25) is 0 Å². The molecule has 1 aliphatic heterocycles. The number of benzene rings is 1. The third-order valence-electron chi connectivity index (χ3n) is 3.59. The van der Waals surface area contributed by atoms with Crippen molar-refractivity contribution in [2.75, 3.05) is 18.0 Å². The van der Waals surface area contributed by atoms with Crippen LogP contribution in [0, 0.1) is 0 Å². The second-order valence-electron chi connectivity index (χ2n) is 5.03. The van der Waals surface area contributed by atoms with Crippen molar-refractivity contribution < 1.29 is 5.11 Å². The van der Waals surface area contributed by atoms with Crippen LogP contribution in [0.5, 0.6) is 0 Å². The van der Waals surface area contributed by atoms with E-state index in [4.69, 9.17) is 0 Å². The molecular weight excluding hydrogens is 318 g/mol. The molecule has 0 unspecified atom stereocenters. The molecule has 1 fully saturated rings. The summed E-state index contributed by atoms with van der Waals surface area (Å²) in [7, 11) is 0. The van der Waals surface area contributed by atoms with Crippen molar-refractivity contribution >= 4 is 21.7 Å². The Labute approximate surface area is 126 Å². The number of piperidine rings is 1. The van der Waals surface area contributed by atoms with Gasteiger partial charge in [-0.25, -0.2) is 0 Å². The van der Waals surface area contributed by atoms with Crippen LogP contribution >= 0.6 is 15.9 Å². The Balaban J connectivity index is 1.86. The Hall–Kier alpha value is -1.46. The summed E-state index contributed by atoms with van der Waals surface area (Å²) < 4.78 is 1.05. The predicted octanol–water partition coefficient (Wildman–Crippen LogP) is 2.87. The molecule has 1 aliphatic rings. The van der Waals surface area contributed by atoms with E-state index in [2.05, 4.69) is 49.2 Å². The molecule has 2 heterocycles. The summed E-state index contributed by atoms with van der Waals surface area (Å²) in [6, 6.07) is 10.2. The van der Waals surface area contributed by atoms with Crippen molar-refractivity contribution in [3.63, 3.8) is 0 Å². The number of anilines is 1. The summed E-state index contributed by atoms with van der Waals surface area (Å²) in [5.74, 6) is 0.884. The molecule has 5 heteroatoms. The quantitative estimate of drug-likeness (QED) is 0.918. The van der Waals surface area contributed by atoms with Crippen LogP contribution in [0.15, 0.2) is 41.0 Å². The minimum Gasteiger partial charge on any atom is -0.393 e.